The molecule has 7 nitrogen and oxygen atoms in total. The Labute approximate surface area is 187 Å². The molecule has 1 aromatic heterocycles. The third-order valence-electron chi connectivity index (χ3n) is 4.73. The van der Waals surface area contributed by atoms with Crippen molar-refractivity contribution in [3.05, 3.63) is 88.4 Å². The highest BCUT2D eigenvalue weighted by molar-refractivity contribution is 9.10. The highest BCUT2D eigenvalue weighted by Gasteiger charge is 2.18. The molecule has 4 aromatic rings. The van der Waals surface area contributed by atoms with E-state index < -0.39 is 6.04 Å². The number of fused-ring (bicyclic) bond motifs is 1. The van der Waals surface area contributed by atoms with Gasteiger partial charge in [0, 0.05) is 10.0 Å². The lowest BCUT2D eigenvalue weighted by Gasteiger charge is -2.11. The monoisotopic (exact) mass is 477 g/mol. The van der Waals surface area contributed by atoms with Gasteiger partial charge in [0.15, 0.2) is 0 Å². The van der Waals surface area contributed by atoms with Crippen LogP contribution in [0, 0.1) is 0 Å². The van der Waals surface area contributed by atoms with Gasteiger partial charge in [0.1, 0.15) is 23.9 Å². The Balaban J connectivity index is 1.40. The summed E-state index contributed by atoms with van der Waals surface area (Å²) in [6, 6.07) is 22.4. The number of aromatic nitrogens is 3. The van der Waals surface area contributed by atoms with Crippen LogP contribution in [-0.4, -0.2) is 27.1 Å². The molecule has 8 heteroatoms. The summed E-state index contributed by atoms with van der Waals surface area (Å²) in [5, 5.41) is 12.3. The lowest BCUT2D eigenvalue weighted by Crippen LogP contribution is -2.28. The van der Waals surface area contributed by atoms with E-state index in [4.69, 9.17) is 4.74 Å². The second-order valence-corrected chi connectivity index (χ2v) is 7.80. The Hall–Kier alpha value is -3.52. The van der Waals surface area contributed by atoms with Crippen LogP contribution < -0.4 is 10.2 Å². The van der Waals surface area contributed by atoms with E-state index in [9.17, 15) is 4.79 Å². The molecule has 0 aliphatic heterocycles. The molecule has 0 saturated heterocycles. The Morgan fingerprint density at radius 1 is 1.13 bits per heavy atom. The van der Waals surface area contributed by atoms with Crippen molar-refractivity contribution in [2.24, 2.45) is 5.10 Å². The standard InChI is InChI=1S/C23H20BrN5O2/c1-16(29-21-8-4-3-7-20(21)26-28-29)23(30)27-25-14-18-6-2-5-9-22(18)31-15-17-10-12-19(24)13-11-17/h2-14,16H,15H2,1H3,(H,27,30)/b25-14+. The first-order valence-electron chi connectivity index (χ1n) is 9.71. The van der Waals surface area contributed by atoms with E-state index >= 15 is 0 Å². The minimum Gasteiger partial charge on any atom is -0.488 e. The summed E-state index contributed by atoms with van der Waals surface area (Å²) in [5.41, 5.74) is 5.92. The van der Waals surface area contributed by atoms with Gasteiger partial charge in [0.2, 0.25) is 0 Å². The van der Waals surface area contributed by atoms with Gasteiger partial charge < -0.3 is 4.74 Å². The number of para-hydroxylation sites is 2. The fraction of sp³-hybridized carbons (Fsp3) is 0.130. The van der Waals surface area contributed by atoms with Crippen molar-refractivity contribution in [1.82, 2.24) is 20.4 Å². The fourth-order valence-electron chi connectivity index (χ4n) is 3.00. The van der Waals surface area contributed by atoms with Crippen LogP contribution >= 0.6 is 15.9 Å². The van der Waals surface area contributed by atoms with E-state index in [1.165, 1.54) is 0 Å². The molecule has 0 spiro atoms. The number of nitrogens with zero attached hydrogens (tertiary/aromatic N) is 4. The second-order valence-electron chi connectivity index (χ2n) is 6.89. The largest absolute Gasteiger partial charge is 0.488 e. The molecule has 3 aromatic carbocycles. The Bertz CT molecular complexity index is 1220. The molecule has 0 bridgehead atoms. The first-order chi connectivity index (χ1) is 15.1. The highest BCUT2D eigenvalue weighted by atomic mass is 79.9. The van der Waals surface area contributed by atoms with Crippen LogP contribution in [-0.2, 0) is 11.4 Å². The van der Waals surface area contributed by atoms with Gasteiger partial charge in [-0.25, -0.2) is 10.1 Å². The zero-order chi connectivity index (χ0) is 21.6. The SMILES string of the molecule is CC(C(=O)N/N=C/c1ccccc1OCc1ccc(Br)cc1)n1nnc2ccccc21. The molecule has 1 amide bonds. The Morgan fingerprint density at radius 3 is 2.71 bits per heavy atom. The molecule has 0 aliphatic carbocycles. The molecule has 0 fully saturated rings. The van der Waals surface area contributed by atoms with Crippen molar-refractivity contribution in [3.8, 4) is 5.75 Å². The van der Waals surface area contributed by atoms with Gasteiger partial charge in [0.05, 0.1) is 11.7 Å². The summed E-state index contributed by atoms with van der Waals surface area (Å²) in [5.74, 6) is 0.388. The smallest absolute Gasteiger partial charge is 0.264 e. The quantitative estimate of drug-likeness (QED) is 0.314. The van der Waals surface area contributed by atoms with Crippen LogP contribution in [0.1, 0.15) is 24.1 Å². The highest BCUT2D eigenvalue weighted by Crippen LogP contribution is 2.19. The van der Waals surface area contributed by atoms with Crippen LogP contribution in [0.5, 0.6) is 5.75 Å². The normalized spacial score (nSPS) is 12.2. The zero-order valence-electron chi connectivity index (χ0n) is 16.8. The van der Waals surface area contributed by atoms with Gasteiger partial charge in [-0.2, -0.15) is 5.10 Å². The molecule has 0 radical (unpaired) electrons. The molecule has 0 saturated carbocycles. The number of hydrogen-bond acceptors (Lipinski definition) is 5. The average Bonchev–Trinajstić information content (AvgIpc) is 3.23. The lowest BCUT2D eigenvalue weighted by atomic mass is 10.2. The number of nitrogens with one attached hydrogen (secondary N) is 1. The van der Waals surface area contributed by atoms with Gasteiger partial charge in [-0.05, 0) is 48.9 Å². The molecule has 1 heterocycles. The maximum Gasteiger partial charge on any atom is 0.264 e. The van der Waals surface area contributed by atoms with Crippen LogP contribution in [0.25, 0.3) is 11.0 Å². The first-order valence-corrected chi connectivity index (χ1v) is 10.5. The van der Waals surface area contributed by atoms with Crippen LogP contribution in [0.3, 0.4) is 0 Å². The van der Waals surface area contributed by atoms with Crippen molar-refractivity contribution >= 4 is 39.1 Å². The summed E-state index contributed by atoms with van der Waals surface area (Å²) in [6.45, 7) is 2.18. The predicted octanol–water partition coefficient (Wildman–Crippen LogP) is 4.48. The molecule has 1 unspecified atom stereocenters. The molecule has 1 atom stereocenters. The fourth-order valence-corrected chi connectivity index (χ4v) is 3.27. The average molecular weight is 478 g/mol. The van der Waals surface area contributed by atoms with E-state index in [0.717, 1.165) is 26.6 Å². The summed E-state index contributed by atoms with van der Waals surface area (Å²) in [7, 11) is 0. The molecule has 4 rings (SSSR count). The topological polar surface area (TPSA) is 81.4 Å². The summed E-state index contributed by atoms with van der Waals surface area (Å²) < 4.78 is 8.53. The van der Waals surface area contributed by atoms with E-state index in [2.05, 4.69) is 36.8 Å². The number of hydrogen-bond donors (Lipinski definition) is 1. The molecule has 1 N–H and O–H groups in total. The number of amides is 1. The molecule has 31 heavy (non-hydrogen) atoms. The van der Waals surface area contributed by atoms with Crippen molar-refractivity contribution < 1.29 is 9.53 Å². The maximum atomic E-state index is 12.5. The molecule has 156 valence electrons. The predicted molar refractivity (Wildman–Crippen MR) is 123 cm³/mol. The van der Waals surface area contributed by atoms with E-state index in [1.54, 1.807) is 17.8 Å². The number of benzene rings is 3. The summed E-state index contributed by atoms with van der Waals surface area (Å²) >= 11 is 3.43. The Kier molecular flexibility index (Phi) is 6.37. The van der Waals surface area contributed by atoms with Gasteiger partial charge >= 0.3 is 0 Å². The lowest BCUT2D eigenvalue weighted by molar-refractivity contribution is -0.124. The molecular weight excluding hydrogens is 458 g/mol. The molecule has 0 aliphatic rings. The van der Waals surface area contributed by atoms with Gasteiger partial charge in [-0.3, -0.25) is 4.79 Å². The van der Waals surface area contributed by atoms with Crippen molar-refractivity contribution in [3.63, 3.8) is 0 Å². The number of carbonyl (C=O) groups excluding carboxylic acids is 1. The summed E-state index contributed by atoms with van der Waals surface area (Å²) in [4.78, 5) is 12.5. The Morgan fingerprint density at radius 2 is 1.87 bits per heavy atom. The minimum absolute atomic E-state index is 0.292. The van der Waals surface area contributed by atoms with Crippen molar-refractivity contribution in [2.45, 2.75) is 19.6 Å². The van der Waals surface area contributed by atoms with Crippen LogP contribution in [0.15, 0.2) is 82.4 Å². The van der Waals surface area contributed by atoms with E-state index in [-0.39, 0.29) is 5.91 Å². The number of rotatable bonds is 7. The van der Waals surface area contributed by atoms with Crippen molar-refractivity contribution in [2.75, 3.05) is 0 Å². The van der Waals surface area contributed by atoms with Crippen molar-refractivity contribution in [1.29, 1.82) is 0 Å². The van der Waals surface area contributed by atoms with Gasteiger partial charge in [-0.15, -0.1) is 5.10 Å². The number of carbonyl (C=O) groups is 1. The van der Waals surface area contributed by atoms with Crippen LogP contribution in [0.2, 0.25) is 0 Å². The third-order valence-corrected chi connectivity index (χ3v) is 5.26. The number of hydrazone groups is 1. The zero-order valence-corrected chi connectivity index (χ0v) is 18.4. The number of ether oxygens (including phenoxy) is 1. The van der Waals surface area contributed by atoms with Crippen LogP contribution in [0.4, 0.5) is 0 Å². The van der Waals surface area contributed by atoms with Gasteiger partial charge in [-0.1, -0.05) is 57.5 Å². The van der Waals surface area contributed by atoms with E-state index in [0.29, 0.717) is 12.4 Å². The maximum absolute atomic E-state index is 12.5. The van der Waals surface area contributed by atoms with Gasteiger partial charge in [0.25, 0.3) is 5.91 Å². The molecular formula is C23H20BrN5O2. The number of halogens is 1. The summed E-state index contributed by atoms with van der Waals surface area (Å²) in [6.07, 6.45) is 1.57. The minimum atomic E-state index is -0.562. The second kappa shape index (κ2) is 9.53. The third kappa shape index (κ3) is 4.97. The van der Waals surface area contributed by atoms with E-state index in [1.807, 2.05) is 72.8 Å². The first kappa shape index (κ1) is 20.7.